The molecule has 3 rings (SSSR count). The van der Waals surface area contributed by atoms with E-state index < -0.39 is 0 Å². The second-order valence-electron chi connectivity index (χ2n) is 5.65. The van der Waals surface area contributed by atoms with Gasteiger partial charge in [0, 0.05) is 26.3 Å². The summed E-state index contributed by atoms with van der Waals surface area (Å²) < 4.78 is 16.5. The van der Waals surface area contributed by atoms with Crippen LogP contribution >= 0.6 is 0 Å². The number of piperidine rings is 1. The van der Waals surface area contributed by atoms with E-state index in [0.29, 0.717) is 38.0 Å². The minimum Gasteiger partial charge on any atom is -0.377 e. The van der Waals surface area contributed by atoms with E-state index in [1.807, 2.05) is 11.8 Å². The topological polar surface area (TPSA) is 77.7 Å². The van der Waals surface area contributed by atoms with Gasteiger partial charge in [-0.15, -0.1) is 0 Å². The SMILES string of the molecule is CCOCC(=O)N1CC[C@@H]2OCC[C@@]2(c2nc(C)no2)C1. The third-order valence-corrected chi connectivity index (χ3v) is 4.35. The molecule has 0 aromatic carbocycles. The molecule has 0 radical (unpaired) electrons. The first kappa shape index (κ1) is 14.5. The summed E-state index contributed by atoms with van der Waals surface area (Å²) in [6.07, 6.45) is 1.64. The first-order valence-corrected chi connectivity index (χ1v) is 7.43. The first-order chi connectivity index (χ1) is 10.2. The van der Waals surface area contributed by atoms with Gasteiger partial charge in [0.25, 0.3) is 0 Å². The van der Waals surface area contributed by atoms with Crippen molar-refractivity contribution in [2.75, 3.05) is 32.9 Å². The Labute approximate surface area is 123 Å². The van der Waals surface area contributed by atoms with Crippen molar-refractivity contribution in [2.24, 2.45) is 0 Å². The number of fused-ring (bicyclic) bond motifs is 1. The zero-order valence-corrected chi connectivity index (χ0v) is 12.5. The van der Waals surface area contributed by atoms with Gasteiger partial charge in [0.15, 0.2) is 5.82 Å². The molecule has 1 aromatic rings. The van der Waals surface area contributed by atoms with E-state index in [0.717, 1.165) is 12.8 Å². The number of ether oxygens (including phenoxy) is 2. The minimum atomic E-state index is -0.360. The lowest BCUT2D eigenvalue weighted by atomic mass is 9.76. The summed E-state index contributed by atoms with van der Waals surface area (Å²) in [5, 5.41) is 3.90. The van der Waals surface area contributed by atoms with Crippen LogP contribution in [0.15, 0.2) is 4.52 Å². The van der Waals surface area contributed by atoms with Gasteiger partial charge in [-0.2, -0.15) is 4.98 Å². The van der Waals surface area contributed by atoms with Gasteiger partial charge < -0.3 is 18.9 Å². The number of carbonyl (C=O) groups is 1. The summed E-state index contributed by atoms with van der Waals surface area (Å²) in [5.74, 6) is 1.22. The number of nitrogens with zero attached hydrogens (tertiary/aromatic N) is 3. The molecular formula is C14H21N3O4. The maximum atomic E-state index is 12.2. The largest absolute Gasteiger partial charge is 0.377 e. The van der Waals surface area contributed by atoms with E-state index >= 15 is 0 Å². The lowest BCUT2D eigenvalue weighted by Crippen LogP contribution is -2.55. The Bertz CT molecular complexity index is 518. The van der Waals surface area contributed by atoms with E-state index in [1.54, 1.807) is 6.92 Å². The molecule has 0 bridgehead atoms. The number of aromatic nitrogens is 2. The van der Waals surface area contributed by atoms with E-state index in [4.69, 9.17) is 14.0 Å². The Morgan fingerprint density at radius 1 is 1.57 bits per heavy atom. The fourth-order valence-corrected chi connectivity index (χ4v) is 3.24. The standard InChI is InChI=1S/C14H21N3O4/c1-3-19-8-12(18)17-6-4-11-14(9-17,5-7-20-11)13-15-10(2)16-21-13/h11H,3-9H2,1-2H3/t11-,14+/m0/s1. The van der Waals surface area contributed by atoms with E-state index in [-0.39, 0.29) is 24.0 Å². The van der Waals surface area contributed by atoms with Crippen LogP contribution in [0.2, 0.25) is 0 Å². The average Bonchev–Trinajstić information content (AvgIpc) is 3.10. The van der Waals surface area contributed by atoms with Crippen molar-refractivity contribution in [3.63, 3.8) is 0 Å². The molecule has 7 heteroatoms. The Morgan fingerprint density at radius 2 is 2.43 bits per heavy atom. The van der Waals surface area contributed by atoms with Gasteiger partial charge in [-0.05, 0) is 26.7 Å². The maximum Gasteiger partial charge on any atom is 0.248 e. The Morgan fingerprint density at radius 3 is 3.14 bits per heavy atom. The van der Waals surface area contributed by atoms with Crippen molar-refractivity contribution in [1.29, 1.82) is 0 Å². The van der Waals surface area contributed by atoms with Crippen LogP contribution in [-0.2, 0) is 19.7 Å². The molecule has 0 N–H and O–H groups in total. The van der Waals surface area contributed by atoms with Gasteiger partial charge in [-0.25, -0.2) is 0 Å². The lowest BCUT2D eigenvalue weighted by Gasteiger charge is -2.41. The number of aryl methyl sites for hydroxylation is 1. The van der Waals surface area contributed by atoms with Crippen LogP contribution in [-0.4, -0.2) is 60.0 Å². The molecule has 2 aliphatic heterocycles. The van der Waals surface area contributed by atoms with Crippen molar-refractivity contribution < 1.29 is 18.8 Å². The molecule has 1 amide bonds. The molecule has 7 nitrogen and oxygen atoms in total. The maximum absolute atomic E-state index is 12.2. The molecule has 0 aliphatic carbocycles. The van der Waals surface area contributed by atoms with Crippen LogP contribution in [0.4, 0.5) is 0 Å². The molecule has 0 spiro atoms. The molecule has 0 saturated carbocycles. The number of carbonyl (C=O) groups excluding carboxylic acids is 1. The molecule has 3 heterocycles. The van der Waals surface area contributed by atoms with Crippen LogP contribution in [0.1, 0.15) is 31.5 Å². The van der Waals surface area contributed by atoms with E-state index in [1.165, 1.54) is 0 Å². The summed E-state index contributed by atoms with van der Waals surface area (Å²) in [6.45, 7) is 6.26. The van der Waals surface area contributed by atoms with Gasteiger partial charge in [-0.3, -0.25) is 4.79 Å². The Balaban J connectivity index is 1.81. The number of likely N-dealkylation sites (tertiary alicyclic amines) is 1. The van der Waals surface area contributed by atoms with Crippen molar-refractivity contribution in [3.8, 4) is 0 Å². The van der Waals surface area contributed by atoms with Gasteiger partial charge in [-0.1, -0.05) is 5.16 Å². The van der Waals surface area contributed by atoms with Gasteiger partial charge in [0.05, 0.1) is 11.5 Å². The third kappa shape index (κ3) is 2.55. The molecule has 2 aliphatic rings. The monoisotopic (exact) mass is 295 g/mol. The lowest BCUT2D eigenvalue weighted by molar-refractivity contribution is -0.140. The molecule has 0 unspecified atom stereocenters. The molecule has 2 atom stereocenters. The zero-order chi connectivity index (χ0) is 14.9. The van der Waals surface area contributed by atoms with Crippen LogP contribution in [0, 0.1) is 6.92 Å². The van der Waals surface area contributed by atoms with Crippen LogP contribution in [0.5, 0.6) is 0 Å². The normalized spacial score (nSPS) is 28.7. The van der Waals surface area contributed by atoms with Crippen molar-refractivity contribution in [1.82, 2.24) is 15.0 Å². The van der Waals surface area contributed by atoms with Gasteiger partial charge in [0.2, 0.25) is 11.8 Å². The highest BCUT2D eigenvalue weighted by atomic mass is 16.5. The molecule has 2 fully saturated rings. The third-order valence-electron chi connectivity index (χ3n) is 4.35. The quantitative estimate of drug-likeness (QED) is 0.812. The summed E-state index contributed by atoms with van der Waals surface area (Å²) in [6, 6.07) is 0. The molecule has 21 heavy (non-hydrogen) atoms. The molecule has 2 saturated heterocycles. The fraction of sp³-hybridized carbons (Fsp3) is 0.786. The highest BCUT2D eigenvalue weighted by Gasteiger charge is 2.53. The number of rotatable bonds is 4. The smallest absolute Gasteiger partial charge is 0.248 e. The van der Waals surface area contributed by atoms with Crippen LogP contribution < -0.4 is 0 Å². The zero-order valence-electron chi connectivity index (χ0n) is 12.5. The predicted molar refractivity (Wildman–Crippen MR) is 72.8 cm³/mol. The Hall–Kier alpha value is -1.47. The highest BCUT2D eigenvalue weighted by molar-refractivity contribution is 5.77. The first-order valence-electron chi connectivity index (χ1n) is 7.43. The fourth-order valence-electron chi connectivity index (χ4n) is 3.24. The number of hydrogen-bond donors (Lipinski definition) is 0. The average molecular weight is 295 g/mol. The van der Waals surface area contributed by atoms with Crippen molar-refractivity contribution >= 4 is 5.91 Å². The van der Waals surface area contributed by atoms with Crippen LogP contribution in [0.3, 0.4) is 0 Å². The summed E-state index contributed by atoms with van der Waals surface area (Å²) in [7, 11) is 0. The summed E-state index contributed by atoms with van der Waals surface area (Å²) in [4.78, 5) is 18.4. The molecular weight excluding hydrogens is 274 g/mol. The summed E-state index contributed by atoms with van der Waals surface area (Å²) >= 11 is 0. The second-order valence-corrected chi connectivity index (χ2v) is 5.65. The minimum absolute atomic E-state index is 0.0119. The van der Waals surface area contributed by atoms with Crippen molar-refractivity contribution in [2.45, 2.75) is 38.2 Å². The van der Waals surface area contributed by atoms with E-state index in [9.17, 15) is 4.79 Å². The predicted octanol–water partition coefficient (Wildman–Crippen LogP) is 0.674. The van der Waals surface area contributed by atoms with Crippen molar-refractivity contribution in [3.05, 3.63) is 11.7 Å². The second kappa shape index (κ2) is 5.73. The molecule has 116 valence electrons. The van der Waals surface area contributed by atoms with Crippen LogP contribution in [0.25, 0.3) is 0 Å². The highest BCUT2D eigenvalue weighted by Crippen LogP contribution is 2.42. The number of amides is 1. The van der Waals surface area contributed by atoms with E-state index in [2.05, 4.69) is 10.1 Å². The number of hydrogen-bond acceptors (Lipinski definition) is 6. The summed E-state index contributed by atoms with van der Waals surface area (Å²) in [5.41, 5.74) is -0.360. The Kier molecular flexibility index (Phi) is 3.95. The molecule has 1 aromatic heterocycles. The van der Waals surface area contributed by atoms with Gasteiger partial charge in [0.1, 0.15) is 6.61 Å². The van der Waals surface area contributed by atoms with Gasteiger partial charge >= 0.3 is 0 Å².